The van der Waals surface area contributed by atoms with Gasteiger partial charge in [0.1, 0.15) is 5.82 Å². The summed E-state index contributed by atoms with van der Waals surface area (Å²) in [6, 6.07) is 16.7. The van der Waals surface area contributed by atoms with Gasteiger partial charge in [0, 0.05) is 39.3 Å². The average Bonchev–Trinajstić information content (AvgIpc) is 3.46. The first kappa shape index (κ1) is 20.5. The lowest BCUT2D eigenvalue weighted by molar-refractivity contribution is 0.631. The summed E-state index contributed by atoms with van der Waals surface area (Å²) in [7, 11) is 0. The second-order valence-electron chi connectivity index (χ2n) is 7.72. The van der Waals surface area contributed by atoms with Crippen LogP contribution in [-0.2, 0) is 0 Å². The van der Waals surface area contributed by atoms with E-state index in [1.54, 1.807) is 24.4 Å². The van der Waals surface area contributed by atoms with Crippen LogP contribution in [0.25, 0.3) is 50.0 Å². The van der Waals surface area contributed by atoms with E-state index in [0.29, 0.717) is 16.9 Å². The molecule has 0 spiro atoms. The monoisotopic (exact) mass is 435 g/mol. The molecule has 0 amide bonds. The number of allylic oxidation sites excluding steroid dienone is 4. The molecule has 0 aliphatic carbocycles. The number of fused-ring (bicyclic) bond motifs is 2. The maximum absolute atomic E-state index is 14.5. The van der Waals surface area contributed by atoms with Gasteiger partial charge in [-0.3, -0.25) is 5.10 Å². The number of aromatic amines is 2. The molecule has 0 atom stereocenters. The van der Waals surface area contributed by atoms with Crippen LogP contribution in [0.3, 0.4) is 0 Å². The van der Waals surface area contributed by atoms with E-state index in [2.05, 4.69) is 26.7 Å². The summed E-state index contributed by atoms with van der Waals surface area (Å²) in [6.45, 7) is 5.66. The SMILES string of the molecule is C=C/C(N)=C\C(=C/C)c1cnc2n[nH]c(-c3cc4c(-c5ccccc5F)cccc4[nH]3)c2c1. The van der Waals surface area contributed by atoms with E-state index in [1.165, 1.54) is 6.07 Å². The molecule has 0 fully saturated rings. The van der Waals surface area contributed by atoms with Crippen LogP contribution in [0.5, 0.6) is 0 Å². The number of hydrogen-bond donors (Lipinski definition) is 3. The van der Waals surface area contributed by atoms with Gasteiger partial charge in [-0.1, -0.05) is 43.0 Å². The van der Waals surface area contributed by atoms with Crippen LogP contribution < -0.4 is 5.73 Å². The van der Waals surface area contributed by atoms with Gasteiger partial charge in [0.2, 0.25) is 0 Å². The van der Waals surface area contributed by atoms with Crippen LogP contribution in [0.2, 0.25) is 0 Å². The highest BCUT2D eigenvalue weighted by atomic mass is 19.1. The summed E-state index contributed by atoms with van der Waals surface area (Å²) in [6.07, 6.45) is 7.22. The molecule has 162 valence electrons. The molecule has 4 N–H and O–H groups in total. The number of nitrogens with zero attached hydrogens (tertiary/aromatic N) is 2. The molecule has 5 rings (SSSR count). The zero-order valence-electron chi connectivity index (χ0n) is 18.1. The van der Waals surface area contributed by atoms with Crippen molar-refractivity contribution in [3.05, 3.63) is 103 Å². The van der Waals surface area contributed by atoms with E-state index in [9.17, 15) is 4.39 Å². The van der Waals surface area contributed by atoms with Crippen LogP contribution >= 0.6 is 0 Å². The number of pyridine rings is 1. The minimum Gasteiger partial charge on any atom is -0.399 e. The van der Waals surface area contributed by atoms with E-state index in [-0.39, 0.29) is 5.82 Å². The largest absolute Gasteiger partial charge is 0.399 e. The Morgan fingerprint density at radius 3 is 2.67 bits per heavy atom. The van der Waals surface area contributed by atoms with Gasteiger partial charge in [0.25, 0.3) is 0 Å². The molecule has 0 radical (unpaired) electrons. The van der Waals surface area contributed by atoms with Crippen LogP contribution in [0.1, 0.15) is 12.5 Å². The summed E-state index contributed by atoms with van der Waals surface area (Å²) in [5.41, 5.74) is 13.0. The van der Waals surface area contributed by atoms with E-state index in [4.69, 9.17) is 5.73 Å². The quantitative estimate of drug-likeness (QED) is 0.282. The molecule has 3 heterocycles. The number of halogens is 1. The average molecular weight is 436 g/mol. The molecule has 0 aliphatic rings. The fourth-order valence-corrected chi connectivity index (χ4v) is 4.04. The van der Waals surface area contributed by atoms with Crippen molar-refractivity contribution in [3.8, 4) is 22.5 Å². The molecule has 0 bridgehead atoms. The predicted octanol–water partition coefficient (Wildman–Crippen LogP) is 6.34. The van der Waals surface area contributed by atoms with Gasteiger partial charge in [-0.05, 0) is 54.5 Å². The summed E-state index contributed by atoms with van der Waals surface area (Å²) in [5.74, 6) is -0.251. The summed E-state index contributed by atoms with van der Waals surface area (Å²) < 4.78 is 14.5. The fraction of sp³-hybridized carbons (Fsp3) is 0.0370. The standard InChI is InChI=1S/C27H22FN5/c1-3-16(12-18(29)4-2)17-13-22-26(32-33-27(22)30-15-17)25-14-21-19(9-7-11-24(21)31-25)20-8-5-6-10-23(20)28/h3-15,31H,2,29H2,1H3,(H,30,32,33)/b16-3+,18-12+. The van der Waals surface area contributed by atoms with Crippen molar-refractivity contribution in [1.82, 2.24) is 20.2 Å². The fourth-order valence-electron chi connectivity index (χ4n) is 4.04. The first-order valence-electron chi connectivity index (χ1n) is 10.6. The van der Waals surface area contributed by atoms with Crippen molar-refractivity contribution in [3.63, 3.8) is 0 Å². The topological polar surface area (TPSA) is 83.4 Å². The van der Waals surface area contributed by atoms with Crippen molar-refractivity contribution in [2.45, 2.75) is 6.92 Å². The lowest BCUT2D eigenvalue weighted by Crippen LogP contribution is -1.93. The number of benzene rings is 2. The van der Waals surface area contributed by atoms with E-state index < -0.39 is 0 Å². The van der Waals surface area contributed by atoms with Crippen LogP contribution in [0.4, 0.5) is 4.39 Å². The van der Waals surface area contributed by atoms with Gasteiger partial charge in [-0.25, -0.2) is 9.37 Å². The van der Waals surface area contributed by atoms with Gasteiger partial charge in [0.05, 0.1) is 11.4 Å². The molecule has 2 aromatic carbocycles. The number of hydrogen-bond acceptors (Lipinski definition) is 3. The third kappa shape index (κ3) is 3.61. The second-order valence-corrected chi connectivity index (χ2v) is 7.72. The zero-order valence-corrected chi connectivity index (χ0v) is 18.1. The Morgan fingerprint density at radius 2 is 1.88 bits per heavy atom. The van der Waals surface area contributed by atoms with Gasteiger partial charge >= 0.3 is 0 Å². The maximum Gasteiger partial charge on any atom is 0.181 e. The van der Waals surface area contributed by atoms with Gasteiger partial charge < -0.3 is 10.7 Å². The summed E-state index contributed by atoms with van der Waals surface area (Å²) in [5, 5.41) is 9.28. The summed E-state index contributed by atoms with van der Waals surface area (Å²) in [4.78, 5) is 7.96. The van der Waals surface area contributed by atoms with Crippen molar-refractivity contribution < 1.29 is 4.39 Å². The normalized spacial score (nSPS) is 12.5. The van der Waals surface area contributed by atoms with Crippen LogP contribution in [0, 0.1) is 5.82 Å². The molecular weight excluding hydrogens is 413 g/mol. The minimum absolute atomic E-state index is 0.251. The predicted molar refractivity (Wildman–Crippen MR) is 133 cm³/mol. The highest BCUT2D eigenvalue weighted by Crippen LogP contribution is 2.35. The third-order valence-electron chi connectivity index (χ3n) is 5.71. The van der Waals surface area contributed by atoms with Gasteiger partial charge in [-0.15, -0.1) is 0 Å². The molecule has 5 nitrogen and oxygen atoms in total. The Labute approximate surface area is 190 Å². The van der Waals surface area contributed by atoms with E-state index >= 15 is 0 Å². The van der Waals surface area contributed by atoms with Crippen LogP contribution in [-0.4, -0.2) is 20.2 Å². The van der Waals surface area contributed by atoms with Gasteiger partial charge in [-0.2, -0.15) is 5.10 Å². The van der Waals surface area contributed by atoms with E-state index in [1.807, 2.05) is 55.5 Å². The third-order valence-corrected chi connectivity index (χ3v) is 5.71. The molecule has 0 aliphatic heterocycles. The number of nitrogens with one attached hydrogen (secondary N) is 2. The Morgan fingerprint density at radius 1 is 1.06 bits per heavy atom. The number of rotatable bonds is 5. The minimum atomic E-state index is -0.251. The molecule has 0 unspecified atom stereocenters. The molecule has 5 aromatic rings. The first-order chi connectivity index (χ1) is 16.1. The van der Waals surface area contributed by atoms with Crippen molar-refractivity contribution in [2.24, 2.45) is 5.73 Å². The van der Waals surface area contributed by atoms with Gasteiger partial charge in [0.15, 0.2) is 5.65 Å². The number of aromatic nitrogens is 4. The Bertz CT molecular complexity index is 1570. The Kier molecular flexibility index (Phi) is 5.11. The molecule has 33 heavy (non-hydrogen) atoms. The molecule has 6 heteroatoms. The molecular formula is C27H22FN5. The number of nitrogens with two attached hydrogens (primary N) is 1. The molecule has 0 saturated heterocycles. The Balaban J connectivity index is 1.65. The van der Waals surface area contributed by atoms with Crippen molar-refractivity contribution in [2.75, 3.05) is 0 Å². The Hall–Kier alpha value is -4.45. The lowest BCUT2D eigenvalue weighted by atomic mass is 10.0. The molecule has 0 saturated carbocycles. The molecule has 3 aromatic heterocycles. The highest BCUT2D eigenvalue weighted by Gasteiger charge is 2.15. The first-order valence-corrected chi connectivity index (χ1v) is 10.6. The smallest absolute Gasteiger partial charge is 0.181 e. The highest BCUT2D eigenvalue weighted by molar-refractivity contribution is 6.01. The summed E-state index contributed by atoms with van der Waals surface area (Å²) >= 11 is 0. The van der Waals surface area contributed by atoms with Crippen LogP contribution in [0.15, 0.2) is 91.3 Å². The number of H-pyrrole nitrogens is 2. The van der Waals surface area contributed by atoms with Crippen molar-refractivity contribution in [1.29, 1.82) is 0 Å². The second kappa shape index (κ2) is 8.24. The van der Waals surface area contributed by atoms with E-state index in [0.717, 1.165) is 44.4 Å². The lowest BCUT2D eigenvalue weighted by Gasteiger charge is -2.04. The maximum atomic E-state index is 14.5. The van der Waals surface area contributed by atoms with Crippen molar-refractivity contribution >= 4 is 27.5 Å². The zero-order chi connectivity index (χ0) is 22.9.